The van der Waals surface area contributed by atoms with Crippen LogP contribution in [0.15, 0.2) is 72.1 Å². The molecule has 0 fully saturated rings. The van der Waals surface area contributed by atoms with Crippen LogP contribution in [0.2, 0.25) is 0 Å². The number of hydrogen-bond donors (Lipinski definition) is 2. The maximum atomic E-state index is 16.7. The molecule has 0 amide bonds. The number of fused-ring (bicyclic) bond motifs is 2. The maximum Gasteiger partial charge on any atom is 0.737 e. The molecule has 0 saturated carbocycles. The summed E-state index contributed by atoms with van der Waals surface area (Å²) in [6.07, 6.45) is 11.1. The number of aliphatic carboxylic acids is 1. The van der Waals surface area contributed by atoms with E-state index in [1.54, 1.807) is 24.4 Å². The highest BCUT2D eigenvalue weighted by Gasteiger charge is 2.54. The Balaban J connectivity index is 1.45. The molecule has 7 nitrogen and oxygen atoms in total. The Morgan fingerprint density at radius 1 is 1.12 bits per heavy atom. The van der Waals surface area contributed by atoms with Crippen LogP contribution in [0, 0.1) is 0 Å². The van der Waals surface area contributed by atoms with Gasteiger partial charge in [0.1, 0.15) is 5.75 Å². The standard InChI is InChI=1S/C32H37BF2N4O3/c1-23-20-26(14-11-24-12-15-27(16-13-24)42-19-7-10-32(40)41)37-29(23)22-30-25(8-6-18-39(2,3)4)21-31(28-9-5-17-36-28)38(30)33(37,34)35/h5,9,11-17,20-22,36H,6-8,10,18-19H2,1-4H3/p+1. The van der Waals surface area contributed by atoms with E-state index in [4.69, 9.17) is 9.84 Å². The van der Waals surface area contributed by atoms with Gasteiger partial charge in [0.05, 0.1) is 40.0 Å². The number of nitrogens with zero attached hydrogens (tertiary/aromatic N) is 3. The molecule has 42 heavy (non-hydrogen) atoms. The lowest BCUT2D eigenvalue weighted by atomic mass is 9.89. The van der Waals surface area contributed by atoms with Crippen molar-refractivity contribution in [1.29, 1.82) is 0 Å². The van der Waals surface area contributed by atoms with Crippen LogP contribution in [0.25, 0.3) is 23.5 Å². The number of aryl methyl sites for hydroxylation is 1. The zero-order chi connectivity index (χ0) is 30.1. The zero-order valence-electron chi connectivity index (χ0n) is 24.6. The third kappa shape index (κ3) is 6.18. The normalized spacial score (nSPS) is 16.0. The van der Waals surface area contributed by atoms with Crippen molar-refractivity contribution in [3.8, 4) is 17.1 Å². The Kier molecular flexibility index (Phi) is 8.10. The number of nitrogens with one attached hydrogen (secondary N) is 1. The molecular weight excluding hydrogens is 537 g/mol. The number of allylic oxidation sites excluding steroid dienone is 3. The van der Waals surface area contributed by atoms with Crippen LogP contribution in [0.4, 0.5) is 8.63 Å². The Bertz CT molecular complexity index is 1590. The molecule has 5 rings (SSSR count). The van der Waals surface area contributed by atoms with Crippen molar-refractivity contribution < 1.29 is 32.2 Å². The number of aromatic nitrogens is 2. The van der Waals surface area contributed by atoms with Gasteiger partial charge in [0.15, 0.2) is 11.4 Å². The third-order valence-electron chi connectivity index (χ3n) is 7.64. The van der Waals surface area contributed by atoms with Crippen molar-refractivity contribution in [2.75, 3.05) is 34.3 Å². The molecule has 0 radical (unpaired) electrons. The first-order valence-electron chi connectivity index (χ1n) is 14.3. The lowest BCUT2D eigenvalue weighted by Crippen LogP contribution is -2.50. The SMILES string of the molecule is CC1=CC(C=Cc2ccc(OCCCC(=O)O)cc2)=[N+]2C1=Cc1c(CCC[N+](C)(C)C)cc(-c3ccc[nH]3)n1[B-]2(F)F. The van der Waals surface area contributed by atoms with E-state index in [1.165, 1.54) is 8.96 Å². The van der Waals surface area contributed by atoms with Crippen LogP contribution in [-0.2, 0) is 11.2 Å². The molecule has 2 aromatic heterocycles. The minimum atomic E-state index is -4.18. The Morgan fingerprint density at radius 3 is 2.55 bits per heavy atom. The van der Waals surface area contributed by atoms with Crippen LogP contribution >= 0.6 is 0 Å². The molecule has 3 aromatic rings. The highest BCUT2D eigenvalue weighted by atomic mass is 19.2. The summed E-state index contributed by atoms with van der Waals surface area (Å²) in [5.41, 5.74) is 5.26. The Hall–Kier alpha value is -4.18. The summed E-state index contributed by atoms with van der Waals surface area (Å²) in [4.78, 5) is 13.8. The average molecular weight is 575 g/mol. The largest absolute Gasteiger partial charge is 0.737 e. The molecule has 0 atom stereocenters. The fourth-order valence-electron chi connectivity index (χ4n) is 5.60. The van der Waals surface area contributed by atoms with Gasteiger partial charge in [-0.15, -0.1) is 0 Å². The van der Waals surface area contributed by atoms with Crippen LogP contribution < -0.4 is 4.74 Å². The Morgan fingerprint density at radius 2 is 1.88 bits per heavy atom. The average Bonchev–Trinajstić information content (AvgIpc) is 3.64. The number of hydrogen-bond acceptors (Lipinski definition) is 2. The molecule has 0 unspecified atom stereocenters. The smallest absolute Gasteiger partial charge is 0.494 e. The molecule has 220 valence electrons. The number of rotatable bonds is 12. The topological polar surface area (TPSA) is 70.3 Å². The van der Waals surface area contributed by atoms with Gasteiger partial charge in [-0.05, 0) is 67.3 Å². The molecule has 2 aliphatic rings. The van der Waals surface area contributed by atoms with Gasteiger partial charge >= 0.3 is 12.9 Å². The van der Waals surface area contributed by atoms with Crippen molar-refractivity contribution in [3.63, 3.8) is 0 Å². The molecule has 10 heteroatoms. The number of aromatic amines is 1. The van der Waals surface area contributed by atoms with Crippen LogP contribution in [0.5, 0.6) is 5.75 Å². The van der Waals surface area contributed by atoms with Crippen molar-refractivity contribution in [2.24, 2.45) is 0 Å². The van der Waals surface area contributed by atoms with Crippen molar-refractivity contribution in [2.45, 2.75) is 32.6 Å². The van der Waals surface area contributed by atoms with Gasteiger partial charge in [0.25, 0.3) is 0 Å². The van der Waals surface area contributed by atoms with Gasteiger partial charge in [-0.3, -0.25) is 4.79 Å². The summed E-state index contributed by atoms with van der Waals surface area (Å²) in [6, 6.07) is 12.9. The summed E-state index contributed by atoms with van der Waals surface area (Å²) in [5.74, 6) is -0.219. The number of halogens is 2. The molecule has 0 saturated heterocycles. The predicted octanol–water partition coefficient (Wildman–Crippen LogP) is 6.07. The third-order valence-corrected chi connectivity index (χ3v) is 7.64. The highest BCUT2D eigenvalue weighted by Crippen LogP contribution is 2.40. The second-order valence-corrected chi connectivity index (χ2v) is 12.0. The fraction of sp³-hybridized carbons (Fsp3) is 0.312. The van der Waals surface area contributed by atoms with Crippen LogP contribution in [0.3, 0.4) is 0 Å². The first-order valence-corrected chi connectivity index (χ1v) is 14.3. The summed E-state index contributed by atoms with van der Waals surface area (Å²) >= 11 is 0. The molecule has 0 bridgehead atoms. The van der Waals surface area contributed by atoms with Gasteiger partial charge in [0.2, 0.25) is 0 Å². The Labute approximate surface area is 245 Å². The lowest BCUT2D eigenvalue weighted by Gasteiger charge is -2.31. The molecular formula is C32H38BF2N4O3+. The number of H-pyrrole nitrogens is 1. The van der Waals surface area contributed by atoms with E-state index in [-0.39, 0.29) is 6.42 Å². The summed E-state index contributed by atoms with van der Waals surface area (Å²) in [5, 5.41) is 8.75. The molecule has 4 heterocycles. The molecule has 0 aliphatic carbocycles. The number of carboxylic acid groups (broad SMARTS) is 1. The predicted molar refractivity (Wildman–Crippen MR) is 164 cm³/mol. The maximum absolute atomic E-state index is 16.7. The summed E-state index contributed by atoms with van der Waals surface area (Å²) in [7, 11) is 6.42. The van der Waals surface area contributed by atoms with Crippen molar-refractivity contribution in [1.82, 2.24) is 9.46 Å². The van der Waals surface area contributed by atoms with Crippen molar-refractivity contribution >= 4 is 30.8 Å². The number of benzene rings is 1. The summed E-state index contributed by atoms with van der Waals surface area (Å²) in [6.45, 7) is -1.04. The zero-order valence-corrected chi connectivity index (χ0v) is 24.6. The fourth-order valence-corrected chi connectivity index (χ4v) is 5.60. The van der Waals surface area contributed by atoms with Gasteiger partial charge in [-0.2, -0.15) is 0 Å². The minimum Gasteiger partial charge on any atom is -0.494 e. The minimum absolute atomic E-state index is 0.0559. The second-order valence-electron chi connectivity index (χ2n) is 12.0. The molecule has 1 aromatic carbocycles. The van der Waals surface area contributed by atoms with Gasteiger partial charge in [-0.25, -0.2) is 0 Å². The number of carbonyl (C=O) groups is 1. The van der Waals surface area contributed by atoms with E-state index in [9.17, 15) is 4.79 Å². The first kappa shape index (κ1) is 29.3. The van der Waals surface area contributed by atoms with E-state index >= 15 is 8.63 Å². The quantitative estimate of drug-likeness (QED) is 0.157. The van der Waals surface area contributed by atoms with E-state index in [2.05, 4.69) is 26.1 Å². The van der Waals surface area contributed by atoms with Crippen LogP contribution in [-0.4, -0.2) is 76.5 Å². The van der Waals surface area contributed by atoms with E-state index < -0.39 is 12.9 Å². The first-order chi connectivity index (χ1) is 19.9. The van der Waals surface area contributed by atoms with E-state index in [1.807, 2.05) is 55.5 Å². The molecule has 2 aliphatic heterocycles. The van der Waals surface area contributed by atoms with Crippen molar-refractivity contribution in [3.05, 3.63) is 88.9 Å². The molecule has 2 N–H and O–H groups in total. The van der Waals surface area contributed by atoms with E-state index in [0.29, 0.717) is 47.3 Å². The van der Waals surface area contributed by atoms with Gasteiger partial charge < -0.3 is 36.9 Å². The summed E-state index contributed by atoms with van der Waals surface area (Å²) < 4.78 is 42.2. The van der Waals surface area contributed by atoms with Crippen LogP contribution in [0.1, 0.15) is 43.0 Å². The monoisotopic (exact) mass is 575 g/mol. The second kappa shape index (κ2) is 11.6. The highest BCUT2D eigenvalue weighted by molar-refractivity contribution is 6.58. The van der Waals surface area contributed by atoms with Gasteiger partial charge in [0, 0.05) is 54.2 Å². The van der Waals surface area contributed by atoms with Gasteiger partial charge in [-0.1, -0.05) is 12.1 Å². The van der Waals surface area contributed by atoms with E-state index in [0.717, 1.165) is 40.6 Å². The number of quaternary nitrogens is 1. The number of carboxylic acids is 1. The lowest BCUT2D eigenvalue weighted by molar-refractivity contribution is -0.870. The molecule has 0 spiro atoms. The number of ether oxygens (including phenoxy) is 1.